The fourth-order valence-corrected chi connectivity index (χ4v) is 0.552. The fourth-order valence-electron chi connectivity index (χ4n) is 0.552. The highest BCUT2D eigenvalue weighted by atomic mass is 16.5. The topological polar surface area (TPSA) is 9.23 Å². The molecule has 1 heteroatoms. The van der Waals surface area contributed by atoms with Gasteiger partial charge >= 0.3 is 0 Å². The standard InChI is InChI=1S/C7H12O/c1-2-8-6-5-7-3-4-7/h5-7H,2-4H2,1H3/b6-5-. The molecule has 0 amide bonds. The summed E-state index contributed by atoms with van der Waals surface area (Å²) in [6.45, 7) is 2.79. The van der Waals surface area contributed by atoms with Gasteiger partial charge in [0.1, 0.15) is 0 Å². The third kappa shape index (κ3) is 2.01. The molecule has 1 saturated carbocycles. The van der Waals surface area contributed by atoms with Crippen LogP contribution in [0.3, 0.4) is 0 Å². The van der Waals surface area contributed by atoms with E-state index in [1.165, 1.54) is 12.8 Å². The van der Waals surface area contributed by atoms with Gasteiger partial charge in [0.25, 0.3) is 0 Å². The van der Waals surface area contributed by atoms with E-state index in [2.05, 4.69) is 6.08 Å². The molecule has 0 aromatic heterocycles. The van der Waals surface area contributed by atoms with Gasteiger partial charge in [-0.3, -0.25) is 0 Å². The van der Waals surface area contributed by atoms with Crippen molar-refractivity contribution in [3.05, 3.63) is 12.3 Å². The molecule has 0 radical (unpaired) electrons. The zero-order chi connectivity index (χ0) is 5.82. The van der Waals surface area contributed by atoms with E-state index in [9.17, 15) is 0 Å². The lowest BCUT2D eigenvalue weighted by Crippen LogP contribution is -1.76. The summed E-state index contributed by atoms with van der Waals surface area (Å²) in [5, 5.41) is 0. The average Bonchev–Trinajstić information content (AvgIpc) is 2.51. The highest BCUT2D eigenvalue weighted by Gasteiger charge is 2.16. The lowest BCUT2D eigenvalue weighted by molar-refractivity contribution is 0.268. The molecular weight excluding hydrogens is 100 g/mol. The van der Waals surface area contributed by atoms with Gasteiger partial charge in [0.2, 0.25) is 0 Å². The molecule has 0 atom stereocenters. The molecule has 0 heterocycles. The van der Waals surface area contributed by atoms with E-state index in [0.29, 0.717) is 0 Å². The van der Waals surface area contributed by atoms with Crippen molar-refractivity contribution in [3.63, 3.8) is 0 Å². The number of hydrogen-bond donors (Lipinski definition) is 0. The van der Waals surface area contributed by atoms with Crippen molar-refractivity contribution in [2.24, 2.45) is 5.92 Å². The highest BCUT2D eigenvalue weighted by molar-refractivity contribution is 4.92. The summed E-state index contributed by atoms with van der Waals surface area (Å²) in [5.74, 6) is 0.849. The largest absolute Gasteiger partial charge is 0.502 e. The van der Waals surface area contributed by atoms with Gasteiger partial charge in [-0.2, -0.15) is 0 Å². The van der Waals surface area contributed by atoms with Crippen molar-refractivity contribution in [3.8, 4) is 0 Å². The van der Waals surface area contributed by atoms with Crippen molar-refractivity contribution in [2.75, 3.05) is 6.61 Å². The fraction of sp³-hybridized carbons (Fsp3) is 0.714. The predicted molar refractivity (Wildman–Crippen MR) is 33.5 cm³/mol. The van der Waals surface area contributed by atoms with Gasteiger partial charge in [-0.1, -0.05) is 0 Å². The van der Waals surface area contributed by atoms with Gasteiger partial charge in [0.05, 0.1) is 12.9 Å². The lowest BCUT2D eigenvalue weighted by Gasteiger charge is -1.89. The van der Waals surface area contributed by atoms with Crippen LogP contribution in [0, 0.1) is 5.92 Å². The first kappa shape index (κ1) is 5.67. The minimum atomic E-state index is 0.795. The normalized spacial score (nSPS) is 19.6. The summed E-state index contributed by atoms with van der Waals surface area (Å²) in [6.07, 6.45) is 6.69. The molecule has 0 aliphatic heterocycles. The van der Waals surface area contributed by atoms with E-state index in [1.54, 1.807) is 0 Å². The van der Waals surface area contributed by atoms with Crippen LogP contribution in [-0.4, -0.2) is 6.61 Å². The zero-order valence-electron chi connectivity index (χ0n) is 5.26. The second kappa shape index (κ2) is 2.75. The third-order valence-electron chi connectivity index (χ3n) is 1.24. The van der Waals surface area contributed by atoms with Crippen LogP contribution in [0.4, 0.5) is 0 Å². The molecule has 1 aliphatic carbocycles. The Morgan fingerprint density at radius 2 is 2.38 bits per heavy atom. The van der Waals surface area contributed by atoms with Crippen LogP contribution in [-0.2, 0) is 4.74 Å². The van der Waals surface area contributed by atoms with Crippen molar-refractivity contribution in [1.82, 2.24) is 0 Å². The predicted octanol–water partition coefficient (Wildman–Crippen LogP) is 1.95. The van der Waals surface area contributed by atoms with E-state index in [1.807, 2.05) is 13.2 Å². The summed E-state index contributed by atoms with van der Waals surface area (Å²) in [5.41, 5.74) is 0. The van der Waals surface area contributed by atoms with Crippen LogP contribution in [0.5, 0.6) is 0 Å². The zero-order valence-corrected chi connectivity index (χ0v) is 5.26. The maximum atomic E-state index is 5.00. The van der Waals surface area contributed by atoms with Gasteiger partial charge in [0, 0.05) is 0 Å². The van der Waals surface area contributed by atoms with Gasteiger partial charge < -0.3 is 4.74 Å². The molecule has 1 nitrogen and oxygen atoms in total. The molecule has 0 bridgehead atoms. The van der Waals surface area contributed by atoms with Crippen LogP contribution in [0.15, 0.2) is 12.3 Å². The van der Waals surface area contributed by atoms with Crippen LogP contribution in [0.25, 0.3) is 0 Å². The monoisotopic (exact) mass is 112 g/mol. The van der Waals surface area contributed by atoms with E-state index in [-0.39, 0.29) is 0 Å². The minimum Gasteiger partial charge on any atom is -0.502 e. The molecule has 8 heavy (non-hydrogen) atoms. The molecule has 0 N–H and O–H groups in total. The number of allylic oxidation sites excluding steroid dienone is 1. The molecule has 0 unspecified atom stereocenters. The van der Waals surface area contributed by atoms with E-state index in [4.69, 9.17) is 4.74 Å². The summed E-state index contributed by atoms with van der Waals surface area (Å²) < 4.78 is 5.00. The van der Waals surface area contributed by atoms with E-state index >= 15 is 0 Å². The first-order valence-electron chi connectivity index (χ1n) is 3.21. The summed E-state index contributed by atoms with van der Waals surface area (Å²) in [7, 11) is 0. The highest BCUT2D eigenvalue weighted by Crippen LogP contribution is 2.29. The molecule has 0 spiro atoms. The Morgan fingerprint density at radius 1 is 1.62 bits per heavy atom. The molecule has 0 aromatic rings. The Labute approximate surface area is 50.3 Å². The Kier molecular flexibility index (Phi) is 1.95. The first-order valence-corrected chi connectivity index (χ1v) is 3.21. The Hall–Kier alpha value is -0.460. The third-order valence-corrected chi connectivity index (χ3v) is 1.24. The SMILES string of the molecule is CCO/C=C\C1CC1. The molecule has 1 aliphatic rings. The molecule has 1 fully saturated rings. The number of ether oxygens (including phenoxy) is 1. The maximum absolute atomic E-state index is 5.00. The Morgan fingerprint density at radius 3 is 2.88 bits per heavy atom. The Balaban J connectivity index is 1.96. The summed E-state index contributed by atoms with van der Waals surface area (Å²) >= 11 is 0. The second-order valence-electron chi connectivity index (χ2n) is 2.12. The van der Waals surface area contributed by atoms with Crippen molar-refractivity contribution >= 4 is 0 Å². The van der Waals surface area contributed by atoms with Crippen LogP contribution in [0.1, 0.15) is 19.8 Å². The summed E-state index contributed by atoms with van der Waals surface area (Å²) in [4.78, 5) is 0. The van der Waals surface area contributed by atoms with Gasteiger partial charge in [-0.15, -0.1) is 0 Å². The van der Waals surface area contributed by atoms with Crippen LogP contribution in [0.2, 0.25) is 0 Å². The molecular formula is C7H12O. The quantitative estimate of drug-likeness (QED) is 0.507. The van der Waals surface area contributed by atoms with Crippen LogP contribution < -0.4 is 0 Å². The Bertz CT molecular complexity index is 82.4. The van der Waals surface area contributed by atoms with Gasteiger partial charge in [-0.05, 0) is 31.8 Å². The number of hydrogen-bond acceptors (Lipinski definition) is 1. The van der Waals surface area contributed by atoms with Gasteiger partial charge in [-0.25, -0.2) is 0 Å². The van der Waals surface area contributed by atoms with Crippen LogP contribution >= 0.6 is 0 Å². The maximum Gasteiger partial charge on any atom is 0.0845 e. The first-order chi connectivity index (χ1) is 3.93. The summed E-state index contributed by atoms with van der Waals surface area (Å²) in [6, 6.07) is 0. The molecule has 0 saturated heterocycles. The molecule has 1 rings (SSSR count). The smallest absolute Gasteiger partial charge is 0.0845 e. The van der Waals surface area contributed by atoms with Crippen molar-refractivity contribution in [2.45, 2.75) is 19.8 Å². The van der Waals surface area contributed by atoms with Crippen molar-refractivity contribution in [1.29, 1.82) is 0 Å². The van der Waals surface area contributed by atoms with E-state index < -0.39 is 0 Å². The molecule has 0 aromatic carbocycles. The number of rotatable bonds is 3. The lowest BCUT2D eigenvalue weighted by atomic mass is 10.4. The van der Waals surface area contributed by atoms with Gasteiger partial charge in [0.15, 0.2) is 0 Å². The van der Waals surface area contributed by atoms with Crippen molar-refractivity contribution < 1.29 is 4.74 Å². The van der Waals surface area contributed by atoms with E-state index in [0.717, 1.165) is 12.5 Å². The minimum absolute atomic E-state index is 0.795. The molecule has 46 valence electrons. The average molecular weight is 112 g/mol. The second-order valence-corrected chi connectivity index (χ2v) is 2.12.